The smallest absolute Gasteiger partial charge is 0.0902 e. The molecule has 0 N–H and O–H groups in total. The van der Waals surface area contributed by atoms with Gasteiger partial charge in [-0.2, -0.15) is 0 Å². The van der Waals surface area contributed by atoms with Gasteiger partial charge in [-0.25, -0.2) is 0 Å². The summed E-state index contributed by atoms with van der Waals surface area (Å²) in [6.07, 6.45) is 7.07. The van der Waals surface area contributed by atoms with E-state index in [4.69, 9.17) is 0 Å². The van der Waals surface area contributed by atoms with E-state index in [1.807, 2.05) is 38.9 Å². The molecule has 1 heterocycles. The van der Waals surface area contributed by atoms with E-state index in [9.17, 15) is 0 Å². The van der Waals surface area contributed by atoms with Crippen molar-refractivity contribution in [1.82, 2.24) is 0 Å². The van der Waals surface area contributed by atoms with Crippen LogP contribution in [0, 0.1) is 5.92 Å². The van der Waals surface area contributed by atoms with Crippen LogP contribution in [0.4, 0.5) is 0 Å². The van der Waals surface area contributed by atoms with Crippen molar-refractivity contribution in [2.75, 3.05) is 0 Å². The molecule has 1 unspecified atom stereocenters. The van der Waals surface area contributed by atoms with Crippen LogP contribution in [0.5, 0.6) is 0 Å². The van der Waals surface area contributed by atoms with Crippen LogP contribution in [-0.2, 0) is 12.8 Å². The molecule has 136 valence electrons. The van der Waals surface area contributed by atoms with E-state index in [-0.39, 0.29) is 17.0 Å². The Morgan fingerprint density at radius 2 is 1.52 bits per heavy atom. The third kappa shape index (κ3) is 5.16. The maximum absolute atomic E-state index is 4.58. The second-order valence-electron chi connectivity index (χ2n) is 6.73. The molecule has 3 heteroatoms. The van der Waals surface area contributed by atoms with Gasteiger partial charge in [0.05, 0.1) is 12.5 Å². The number of furan rings is 1. The van der Waals surface area contributed by atoms with Crippen LogP contribution < -0.4 is 17.0 Å². The van der Waals surface area contributed by atoms with Gasteiger partial charge >= 0.3 is 26.8 Å². The van der Waals surface area contributed by atoms with E-state index in [0.717, 1.165) is 5.92 Å². The van der Waals surface area contributed by atoms with Crippen LogP contribution >= 0.6 is 0 Å². The topological polar surface area (TPSA) is 13.1 Å². The number of benzene rings is 3. The Hall–Kier alpha value is -1.29. The van der Waals surface area contributed by atoms with Gasteiger partial charge in [-0.3, -0.25) is 0 Å². The van der Waals surface area contributed by atoms with Gasteiger partial charge in [0.15, 0.2) is 0 Å². The minimum Gasteiger partial charge on any atom is -0.473 e. The van der Waals surface area contributed by atoms with E-state index in [0.29, 0.717) is 0 Å². The third-order valence-corrected chi connectivity index (χ3v) is 5.02. The van der Waals surface area contributed by atoms with Crippen molar-refractivity contribution < 1.29 is 21.4 Å². The molecule has 4 aromatic rings. The third-order valence-electron chi connectivity index (χ3n) is 5.02. The summed E-state index contributed by atoms with van der Waals surface area (Å²) in [5.41, 5.74) is 3.17. The van der Waals surface area contributed by atoms with Crippen molar-refractivity contribution in [1.29, 1.82) is 0 Å². The molecule has 1 nitrogen and oxygen atoms in total. The molecule has 0 spiro atoms. The summed E-state index contributed by atoms with van der Waals surface area (Å²) in [4.78, 5) is 0. The molecule has 0 fully saturated rings. The molecule has 0 radical (unpaired) electrons. The Morgan fingerprint density at radius 1 is 0.815 bits per heavy atom. The summed E-state index contributed by atoms with van der Waals surface area (Å²) in [5, 5.41) is 7.66. The number of rotatable bonds is 0. The standard InChI is InChI=1S/C19H18.C4H4O.CH3.BrH.Mg/c1-13-6-9-17-15(12-13)8-11-18-16-5-3-2-4-14(16)7-10-19(17)18;1-2-4-5-3-1;;;/h2-5,7-8,10-11,13H,6,9,12H2,1H3;1-4H;1H3;1H;/q;;;;+1/p-1. The fourth-order valence-electron chi connectivity index (χ4n) is 3.78. The second-order valence-corrected chi connectivity index (χ2v) is 6.73. The zero-order valence-electron chi connectivity index (χ0n) is 16.1. The molecule has 1 aliphatic carbocycles. The van der Waals surface area contributed by atoms with Gasteiger partial charge in [0.2, 0.25) is 0 Å². The molecule has 0 saturated carbocycles. The van der Waals surface area contributed by atoms with Gasteiger partial charge in [0, 0.05) is 0 Å². The summed E-state index contributed by atoms with van der Waals surface area (Å²) >= 11 is 1.86. The monoisotopic (exact) mass is 432 g/mol. The Kier molecular flexibility index (Phi) is 8.87. The molecular formula is C24H25BrMgO. The minimum atomic E-state index is 0. The van der Waals surface area contributed by atoms with Crippen LogP contribution in [0.3, 0.4) is 0 Å². The van der Waals surface area contributed by atoms with E-state index in [1.54, 1.807) is 23.7 Å². The normalized spacial score (nSPS) is 14.9. The van der Waals surface area contributed by atoms with Gasteiger partial charge in [0.1, 0.15) is 0 Å². The van der Waals surface area contributed by atoms with Crippen molar-refractivity contribution in [3.05, 3.63) is 84.3 Å². The number of hydrogen-bond donors (Lipinski definition) is 0. The molecule has 3 aromatic carbocycles. The predicted molar refractivity (Wildman–Crippen MR) is 113 cm³/mol. The molecule has 0 bridgehead atoms. The number of fused-ring (bicyclic) bond motifs is 5. The number of hydrogen-bond acceptors (Lipinski definition) is 1. The van der Waals surface area contributed by atoms with Crippen LogP contribution in [0.2, 0.25) is 5.05 Å². The zero-order chi connectivity index (χ0) is 18.4. The van der Waals surface area contributed by atoms with E-state index in [2.05, 4.69) is 59.9 Å². The average Bonchev–Trinajstić information content (AvgIpc) is 3.29. The van der Waals surface area contributed by atoms with E-state index >= 15 is 0 Å². The predicted octanol–water partition coefficient (Wildman–Crippen LogP) is 3.60. The molecule has 1 aromatic heterocycles. The van der Waals surface area contributed by atoms with Crippen LogP contribution in [0.1, 0.15) is 24.5 Å². The first-order valence-electron chi connectivity index (χ1n) is 9.43. The number of halogens is 1. The molecule has 0 amide bonds. The summed E-state index contributed by atoms with van der Waals surface area (Å²) in [6.45, 7) is 2.37. The SMILES string of the molecule is CC1CCc2c(ccc3c2ccc2ccccc23)C1.[Br-].[CH3][Mg+].c1ccoc1. The number of aryl methyl sites for hydroxylation is 1. The second kappa shape index (κ2) is 10.9. The first-order valence-corrected chi connectivity index (χ1v) is 10.8. The van der Waals surface area contributed by atoms with Crippen molar-refractivity contribution in [2.24, 2.45) is 5.92 Å². The Labute approximate surface area is 185 Å². The van der Waals surface area contributed by atoms with Crippen LogP contribution in [0.15, 0.2) is 77.6 Å². The van der Waals surface area contributed by atoms with Crippen molar-refractivity contribution in [3.63, 3.8) is 0 Å². The molecular weight excluding hydrogens is 408 g/mol. The van der Waals surface area contributed by atoms with Gasteiger partial charge in [0.25, 0.3) is 0 Å². The summed E-state index contributed by atoms with van der Waals surface area (Å²) in [5.74, 6) is 0.838. The maximum atomic E-state index is 4.58. The van der Waals surface area contributed by atoms with Gasteiger partial charge in [-0.1, -0.05) is 55.5 Å². The van der Waals surface area contributed by atoms with Gasteiger partial charge < -0.3 is 21.4 Å². The fraction of sp³-hybridized carbons (Fsp3) is 0.250. The molecule has 1 aliphatic rings. The Morgan fingerprint density at radius 3 is 2.22 bits per heavy atom. The zero-order valence-corrected chi connectivity index (χ0v) is 19.1. The Bertz CT molecular complexity index is 946. The van der Waals surface area contributed by atoms with Crippen LogP contribution in [-0.4, -0.2) is 21.7 Å². The maximum Gasteiger partial charge on any atom is 0.0902 e. The quantitative estimate of drug-likeness (QED) is 0.305. The minimum absolute atomic E-state index is 0. The largest absolute Gasteiger partial charge is 0.473 e. The molecule has 0 aliphatic heterocycles. The fourth-order valence-corrected chi connectivity index (χ4v) is 3.78. The summed E-state index contributed by atoms with van der Waals surface area (Å²) in [6, 6.07) is 21.7. The summed E-state index contributed by atoms with van der Waals surface area (Å²) < 4.78 is 4.58. The van der Waals surface area contributed by atoms with Gasteiger partial charge in [-0.15, -0.1) is 0 Å². The van der Waals surface area contributed by atoms with Gasteiger partial charge in [-0.05, 0) is 70.0 Å². The van der Waals surface area contributed by atoms with E-state index < -0.39 is 0 Å². The van der Waals surface area contributed by atoms with Crippen LogP contribution in [0.25, 0.3) is 21.5 Å². The molecule has 0 saturated heterocycles. The van der Waals surface area contributed by atoms with Crippen molar-refractivity contribution in [2.45, 2.75) is 31.2 Å². The van der Waals surface area contributed by atoms with E-state index in [1.165, 1.54) is 40.8 Å². The molecule has 27 heavy (non-hydrogen) atoms. The Balaban J connectivity index is 0.000000282. The molecule has 1 atom stereocenters. The van der Waals surface area contributed by atoms with Crippen molar-refractivity contribution >= 4 is 43.3 Å². The van der Waals surface area contributed by atoms with Crippen molar-refractivity contribution in [3.8, 4) is 0 Å². The summed E-state index contributed by atoms with van der Waals surface area (Å²) in [7, 11) is 0. The first kappa shape index (κ1) is 22.0. The average molecular weight is 434 g/mol. The molecule has 5 rings (SSSR count). The first-order chi connectivity index (χ1) is 12.8.